The molecule has 1 saturated carbocycles. The third kappa shape index (κ3) is 1.30. The molecule has 1 aliphatic carbocycles. The number of fused-ring (bicyclic) bond motifs is 1. The van der Waals surface area contributed by atoms with Gasteiger partial charge in [0.2, 0.25) is 0 Å². The van der Waals surface area contributed by atoms with Crippen molar-refractivity contribution in [2.24, 2.45) is 5.73 Å². The second kappa shape index (κ2) is 3.31. The Morgan fingerprint density at radius 3 is 2.93 bits per heavy atom. The molecule has 0 aromatic carbocycles. The zero-order valence-electron chi connectivity index (χ0n) is 8.21. The maximum Gasteiger partial charge on any atom is 0.118 e. The number of rotatable bonds is 3. The molecule has 0 spiro atoms. The van der Waals surface area contributed by atoms with Crippen LogP contribution in [0, 0.1) is 0 Å². The summed E-state index contributed by atoms with van der Waals surface area (Å²) in [5.74, 6) is 5.45. The lowest BCUT2D eigenvalue weighted by molar-refractivity contribution is 0.478. The summed E-state index contributed by atoms with van der Waals surface area (Å²) >= 11 is 1.96. The molecular formula is C11H15NOS. The van der Waals surface area contributed by atoms with Gasteiger partial charge in [-0.2, -0.15) is 0 Å². The van der Waals surface area contributed by atoms with Gasteiger partial charge >= 0.3 is 0 Å². The van der Waals surface area contributed by atoms with Crippen LogP contribution in [0.5, 0.6) is 0 Å². The number of thioether (sulfide) groups is 1. The third-order valence-electron chi connectivity index (χ3n) is 3.05. The van der Waals surface area contributed by atoms with Crippen molar-refractivity contribution >= 4 is 11.8 Å². The Bertz CT molecular complexity index is 354. The highest BCUT2D eigenvalue weighted by Gasteiger charge is 2.33. The van der Waals surface area contributed by atoms with E-state index in [2.05, 4.69) is 0 Å². The molecule has 3 heteroatoms. The first-order chi connectivity index (χ1) is 6.90. The van der Waals surface area contributed by atoms with Crippen molar-refractivity contribution in [2.45, 2.75) is 36.7 Å². The van der Waals surface area contributed by atoms with Crippen LogP contribution in [0.25, 0.3) is 0 Å². The Balaban J connectivity index is 2.01. The average Bonchev–Trinajstić information content (AvgIpc) is 2.82. The van der Waals surface area contributed by atoms with Crippen molar-refractivity contribution in [1.29, 1.82) is 0 Å². The van der Waals surface area contributed by atoms with Gasteiger partial charge in [-0.25, -0.2) is 0 Å². The highest BCUT2D eigenvalue weighted by Crippen LogP contribution is 2.47. The Labute approximate surface area is 88.2 Å². The van der Waals surface area contributed by atoms with Crippen molar-refractivity contribution in [3.63, 3.8) is 0 Å². The summed E-state index contributed by atoms with van der Waals surface area (Å²) in [6.45, 7) is 0.746. The second-order valence-electron chi connectivity index (χ2n) is 4.15. The van der Waals surface area contributed by atoms with E-state index in [0.717, 1.165) is 30.4 Å². The van der Waals surface area contributed by atoms with Gasteiger partial charge in [0, 0.05) is 17.2 Å². The fourth-order valence-electron chi connectivity index (χ4n) is 2.20. The molecule has 0 atom stereocenters. The van der Waals surface area contributed by atoms with Crippen LogP contribution in [0.4, 0.5) is 0 Å². The lowest BCUT2D eigenvalue weighted by Crippen LogP contribution is -2.05. The Kier molecular flexibility index (Phi) is 2.10. The Morgan fingerprint density at radius 1 is 1.36 bits per heavy atom. The van der Waals surface area contributed by atoms with E-state index in [1.807, 2.05) is 11.8 Å². The molecule has 2 heterocycles. The number of nitrogens with two attached hydrogens (primary N) is 1. The van der Waals surface area contributed by atoms with Crippen molar-refractivity contribution in [3.8, 4) is 0 Å². The van der Waals surface area contributed by atoms with Crippen LogP contribution in [0.3, 0.4) is 0 Å². The molecule has 0 bridgehead atoms. The van der Waals surface area contributed by atoms with Gasteiger partial charge in [-0.05, 0) is 31.4 Å². The maximum atomic E-state index is 5.96. The summed E-state index contributed by atoms with van der Waals surface area (Å²) in [4.78, 5) is 0. The van der Waals surface area contributed by atoms with Gasteiger partial charge in [-0.3, -0.25) is 0 Å². The summed E-state index contributed by atoms with van der Waals surface area (Å²) in [6, 6.07) is 0. The molecule has 1 aromatic rings. The lowest BCUT2D eigenvalue weighted by Gasteiger charge is -2.01. The first-order valence-corrected chi connectivity index (χ1v) is 6.46. The lowest BCUT2D eigenvalue weighted by atomic mass is 10.0. The maximum absolute atomic E-state index is 5.96. The summed E-state index contributed by atoms with van der Waals surface area (Å²) in [5.41, 5.74) is 8.58. The molecule has 0 radical (unpaired) electrons. The largest absolute Gasteiger partial charge is 0.464 e. The molecular weight excluding hydrogens is 194 g/mol. The summed E-state index contributed by atoms with van der Waals surface area (Å²) in [7, 11) is 0. The molecule has 14 heavy (non-hydrogen) atoms. The predicted octanol–water partition coefficient (Wildman–Crippen LogP) is 2.41. The predicted molar refractivity (Wildman–Crippen MR) is 58.4 cm³/mol. The van der Waals surface area contributed by atoms with Crippen LogP contribution >= 0.6 is 11.8 Å². The van der Waals surface area contributed by atoms with Gasteiger partial charge in [0.15, 0.2) is 0 Å². The zero-order valence-corrected chi connectivity index (χ0v) is 9.03. The van der Waals surface area contributed by atoms with E-state index >= 15 is 0 Å². The first kappa shape index (κ1) is 8.86. The van der Waals surface area contributed by atoms with E-state index < -0.39 is 0 Å². The average molecular weight is 209 g/mol. The fraction of sp³-hybridized carbons (Fsp3) is 0.636. The monoisotopic (exact) mass is 209 g/mol. The highest BCUT2D eigenvalue weighted by molar-refractivity contribution is 7.98. The van der Waals surface area contributed by atoms with Gasteiger partial charge in [-0.1, -0.05) is 0 Å². The number of hydrogen-bond acceptors (Lipinski definition) is 3. The standard InChI is InChI=1S/C11H15NOS/c12-4-3-8-9-5-14-6-10(9)13-11(8)7-1-2-7/h7H,1-6,12H2. The van der Waals surface area contributed by atoms with Crippen molar-refractivity contribution in [3.05, 3.63) is 22.6 Å². The molecule has 3 rings (SSSR count). The van der Waals surface area contributed by atoms with Crippen molar-refractivity contribution in [1.82, 2.24) is 0 Å². The quantitative estimate of drug-likeness (QED) is 0.831. The van der Waals surface area contributed by atoms with Crippen LogP contribution in [-0.4, -0.2) is 6.54 Å². The number of hydrogen-bond donors (Lipinski definition) is 1. The first-order valence-electron chi connectivity index (χ1n) is 5.31. The molecule has 2 aliphatic rings. The van der Waals surface area contributed by atoms with Crippen molar-refractivity contribution < 1.29 is 4.42 Å². The van der Waals surface area contributed by atoms with E-state index in [4.69, 9.17) is 10.2 Å². The number of furan rings is 1. The van der Waals surface area contributed by atoms with E-state index in [1.54, 1.807) is 0 Å². The Morgan fingerprint density at radius 2 is 2.21 bits per heavy atom. The van der Waals surface area contributed by atoms with Gasteiger partial charge < -0.3 is 10.2 Å². The molecule has 2 N–H and O–H groups in total. The van der Waals surface area contributed by atoms with Crippen LogP contribution in [0.2, 0.25) is 0 Å². The van der Waals surface area contributed by atoms with Gasteiger partial charge in [0.05, 0.1) is 5.75 Å². The van der Waals surface area contributed by atoms with E-state index in [0.29, 0.717) is 0 Å². The van der Waals surface area contributed by atoms with Crippen LogP contribution in [0.1, 0.15) is 41.4 Å². The van der Waals surface area contributed by atoms with E-state index in [1.165, 1.54) is 35.5 Å². The highest BCUT2D eigenvalue weighted by atomic mass is 32.2. The SMILES string of the molecule is NCCc1c(C2CC2)oc2c1CSC2. The third-order valence-corrected chi connectivity index (χ3v) is 4.01. The Hall–Kier alpha value is -0.410. The van der Waals surface area contributed by atoms with Crippen LogP contribution in [0.15, 0.2) is 4.42 Å². The zero-order chi connectivity index (χ0) is 9.54. The van der Waals surface area contributed by atoms with E-state index in [9.17, 15) is 0 Å². The normalized spacial score (nSPS) is 20.1. The molecule has 76 valence electrons. The van der Waals surface area contributed by atoms with E-state index in [-0.39, 0.29) is 0 Å². The van der Waals surface area contributed by atoms with Gasteiger partial charge in [0.1, 0.15) is 11.5 Å². The molecule has 0 amide bonds. The van der Waals surface area contributed by atoms with Gasteiger partial charge in [0.25, 0.3) is 0 Å². The van der Waals surface area contributed by atoms with Gasteiger partial charge in [-0.15, -0.1) is 11.8 Å². The minimum atomic E-state index is 0.729. The summed E-state index contributed by atoms with van der Waals surface area (Å²) < 4.78 is 5.96. The van der Waals surface area contributed by atoms with Crippen molar-refractivity contribution in [2.75, 3.05) is 6.54 Å². The molecule has 2 nitrogen and oxygen atoms in total. The molecule has 0 unspecified atom stereocenters. The van der Waals surface area contributed by atoms with Crippen LogP contribution < -0.4 is 5.73 Å². The summed E-state index contributed by atoms with van der Waals surface area (Å²) in [6.07, 6.45) is 3.64. The minimum Gasteiger partial charge on any atom is -0.464 e. The molecule has 1 aromatic heterocycles. The molecule has 1 aliphatic heterocycles. The molecule has 1 fully saturated rings. The fourth-order valence-corrected chi connectivity index (χ4v) is 3.26. The topological polar surface area (TPSA) is 39.2 Å². The minimum absolute atomic E-state index is 0.729. The smallest absolute Gasteiger partial charge is 0.118 e. The second-order valence-corrected chi connectivity index (χ2v) is 5.14. The molecule has 0 saturated heterocycles. The van der Waals surface area contributed by atoms with Crippen LogP contribution in [-0.2, 0) is 17.9 Å². The summed E-state index contributed by atoms with van der Waals surface area (Å²) in [5, 5.41) is 0.